The van der Waals surface area contributed by atoms with E-state index in [0.717, 1.165) is 0 Å². The zero-order valence-corrected chi connectivity index (χ0v) is 15.9. The Hall–Kier alpha value is 0.520. The number of methoxy groups -OCH3 is 1. The summed E-state index contributed by atoms with van der Waals surface area (Å²) in [5, 5.41) is 0. The van der Waals surface area contributed by atoms with Gasteiger partial charge in [0.2, 0.25) is 0 Å². The van der Waals surface area contributed by atoms with E-state index in [1.54, 1.807) is 7.11 Å². The third kappa shape index (κ3) is 9.46. The molecule has 0 aliphatic rings. The van der Waals surface area contributed by atoms with Crippen molar-refractivity contribution in [3.05, 3.63) is 30.9 Å². The highest BCUT2D eigenvalue weighted by atomic mass is 127. The minimum Gasteiger partial charge on any atom is -0.382 e. The van der Waals surface area contributed by atoms with Gasteiger partial charge in [-0.15, -0.1) is 0 Å². The average Bonchev–Trinajstić information content (AvgIpc) is 2.40. The molecular weight excluding hydrogens is 486 g/mol. The highest BCUT2D eigenvalue weighted by Gasteiger charge is 1.98. The van der Waals surface area contributed by atoms with E-state index in [1.165, 1.54) is 12.7 Å². The minimum atomic E-state index is 0.591. The maximum absolute atomic E-state index is 5.58. The molecule has 0 aliphatic heterocycles. The van der Waals surface area contributed by atoms with Crippen LogP contribution in [0.5, 0.6) is 0 Å². The summed E-state index contributed by atoms with van der Waals surface area (Å²) in [6, 6.07) is 6.40. The molecule has 20 heavy (non-hydrogen) atoms. The van der Waals surface area contributed by atoms with Crippen LogP contribution >= 0.6 is 45.2 Å². The Morgan fingerprint density at radius 2 is 1.25 bits per heavy atom. The van der Waals surface area contributed by atoms with E-state index in [2.05, 4.69) is 63.4 Å². The summed E-state index contributed by atoms with van der Waals surface area (Å²) in [5.41, 5.74) is 1.20. The van der Waals surface area contributed by atoms with E-state index in [1.807, 2.05) is 0 Å². The molecule has 1 rings (SSSR count). The summed E-state index contributed by atoms with van der Waals surface area (Å²) in [5.74, 6) is 0. The van der Waals surface area contributed by atoms with Gasteiger partial charge in [-0.25, -0.2) is 0 Å². The molecule has 0 heterocycles. The standard InChI is InChI=1S/C14H20I2O4/c1-17-2-3-18-4-5-19-6-7-20-11-12-8-13(15)10-14(16)9-12/h8-10H,2-7,11H2,1H3. The van der Waals surface area contributed by atoms with Crippen molar-refractivity contribution in [2.24, 2.45) is 0 Å². The van der Waals surface area contributed by atoms with E-state index < -0.39 is 0 Å². The average molecular weight is 506 g/mol. The third-order valence-electron chi connectivity index (χ3n) is 2.37. The van der Waals surface area contributed by atoms with E-state index in [9.17, 15) is 0 Å². The zero-order chi connectivity index (χ0) is 14.6. The van der Waals surface area contributed by atoms with Gasteiger partial charge in [0, 0.05) is 14.3 Å². The smallest absolute Gasteiger partial charge is 0.0718 e. The van der Waals surface area contributed by atoms with Crippen LogP contribution in [-0.4, -0.2) is 46.8 Å². The second-order valence-corrected chi connectivity index (χ2v) is 6.54. The summed E-state index contributed by atoms with van der Waals surface area (Å²) in [7, 11) is 1.66. The second kappa shape index (κ2) is 12.1. The van der Waals surface area contributed by atoms with E-state index >= 15 is 0 Å². The van der Waals surface area contributed by atoms with Gasteiger partial charge < -0.3 is 18.9 Å². The number of ether oxygens (including phenoxy) is 4. The fraction of sp³-hybridized carbons (Fsp3) is 0.571. The summed E-state index contributed by atoms with van der Waals surface area (Å²) in [6.45, 7) is 4.24. The molecular formula is C14H20I2O4. The molecule has 0 atom stereocenters. The van der Waals surface area contributed by atoms with Gasteiger partial charge in [0.1, 0.15) is 0 Å². The van der Waals surface area contributed by atoms with Gasteiger partial charge in [0.05, 0.1) is 46.2 Å². The van der Waals surface area contributed by atoms with Crippen LogP contribution < -0.4 is 0 Å². The predicted octanol–water partition coefficient (Wildman–Crippen LogP) is 3.09. The molecule has 0 radical (unpaired) electrons. The van der Waals surface area contributed by atoms with Crippen LogP contribution in [-0.2, 0) is 25.6 Å². The minimum absolute atomic E-state index is 0.591. The molecule has 114 valence electrons. The Bertz CT molecular complexity index is 354. The lowest BCUT2D eigenvalue weighted by atomic mass is 10.2. The summed E-state index contributed by atoms with van der Waals surface area (Å²) in [6.07, 6.45) is 0. The van der Waals surface area contributed by atoms with Crippen molar-refractivity contribution >= 4 is 45.2 Å². The molecule has 0 saturated carbocycles. The van der Waals surface area contributed by atoms with Gasteiger partial charge in [-0.1, -0.05) is 0 Å². The molecule has 0 bridgehead atoms. The molecule has 1 aromatic rings. The van der Waals surface area contributed by atoms with Crippen molar-refractivity contribution in [3.63, 3.8) is 0 Å². The van der Waals surface area contributed by atoms with Gasteiger partial charge in [0.15, 0.2) is 0 Å². The van der Waals surface area contributed by atoms with E-state index in [0.29, 0.717) is 46.2 Å². The normalized spacial score (nSPS) is 10.9. The third-order valence-corrected chi connectivity index (χ3v) is 3.61. The van der Waals surface area contributed by atoms with Gasteiger partial charge in [-0.05, 0) is 68.9 Å². The molecule has 4 nitrogen and oxygen atoms in total. The Labute approximate surface area is 147 Å². The Kier molecular flexibility index (Phi) is 11.2. The number of benzene rings is 1. The SMILES string of the molecule is COCCOCCOCCOCc1cc(I)cc(I)c1. The number of hydrogen-bond acceptors (Lipinski definition) is 4. The van der Waals surface area contributed by atoms with Crippen molar-refractivity contribution in [3.8, 4) is 0 Å². The second-order valence-electron chi connectivity index (χ2n) is 4.05. The van der Waals surface area contributed by atoms with Crippen LogP contribution in [0.1, 0.15) is 5.56 Å². The van der Waals surface area contributed by atoms with Crippen LogP contribution in [0.15, 0.2) is 18.2 Å². The largest absolute Gasteiger partial charge is 0.382 e. The molecule has 0 unspecified atom stereocenters. The summed E-state index contributed by atoms with van der Waals surface area (Å²) < 4.78 is 23.6. The van der Waals surface area contributed by atoms with Gasteiger partial charge in [-0.2, -0.15) is 0 Å². The lowest BCUT2D eigenvalue weighted by Crippen LogP contribution is -2.11. The van der Waals surface area contributed by atoms with Crippen LogP contribution in [0.4, 0.5) is 0 Å². The first-order valence-electron chi connectivity index (χ1n) is 6.39. The fourth-order valence-corrected chi connectivity index (χ4v) is 3.53. The molecule has 6 heteroatoms. The molecule has 0 fully saturated rings. The van der Waals surface area contributed by atoms with E-state index in [-0.39, 0.29) is 0 Å². The van der Waals surface area contributed by atoms with Crippen LogP contribution in [0.3, 0.4) is 0 Å². The molecule has 0 N–H and O–H groups in total. The lowest BCUT2D eigenvalue weighted by molar-refractivity contribution is 0.000858. The Balaban J connectivity index is 1.97. The fourth-order valence-electron chi connectivity index (χ4n) is 1.47. The maximum Gasteiger partial charge on any atom is 0.0718 e. The Morgan fingerprint density at radius 1 is 0.750 bits per heavy atom. The number of rotatable bonds is 11. The first-order chi connectivity index (χ1) is 9.72. The van der Waals surface area contributed by atoms with Crippen LogP contribution in [0.25, 0.3) is 0 Å². The summed E-state index contributed by atoms with van der Waals surface area (Å²) in [4.78, 5) is 0. The topological polar surface area (TPSA) is 36.9 Å². The van der Waals surface area contributed by atoms with Crippen molar-refractivity contribution in [2.75, 3.05) is 46.8 Å². The highest BCUT2D eigenvalue weighted by Crippen LogP contribution is 2.14. The zero-order valence-electron chi connectivity index (χ0n) is 11.6. The van der Waals surface area contributed by atoms with Crippen molar-refractivity contribution in [2.45, 2.75) is 6.61 Å². The lowest BCUT2D eigenvalue weighted by Gasteiger charge is -2.07. The number of hydrogen-bond donors (Lipinski definition) is 0. The first kappa shape index (κ1) is 18.6. The van der Waals surface area contributed by atoms with Crippen molar-refractivity contribution in [1.82, 2.24) is 0 Å². The molecule has 1 aromatic carbocycles. The van der Waals surface area contributed by atoms with Crippen molar-refractivity contribution < 1.29 is 18.9 Å². The van der Waals surface area contributed by atoms with Crippen molar-refractivity contribution in [1.29, 1.82) is 0 Å². The Morgan fingerprint density at radius 3 is 1.80 bits per heavy atom. The predicted molar refractivity (Wildman–Crippen MR) is 95.0 cm³/mol. The van der Waals surface area contributed by atoms with Gasteiger partial charge >= 0.3 is 0 Å². The molecule has 0 aliphatic carbocycles. The molecule has 0 amide bonds. The molecule has 0 spiro atoms. The first-order valence-corrected chi connectivity index (χ1v) is 8.55. The number of halogens is 2. The van der Waals surface area contributed by atoms with Crippen LogP contribution in [0.2, 0.25) is 0 Å². The summed E-state index contributed by atoms with van der Waals surface area (Å²) >= 11 is 4.63. The molecule has 0 saturated heterocycles. The quantitative estimate of drug-likeness (QED) is 0.342. The monoisotopic (exact) mass is 506 g/mol. The highest BCUT2D eigenvalue weighted by molar-refractivity contribution is 14.1. The molecule has 0 aromatic heterocycles. The van der Waals surface area contributed by atoms with E-state index in [4.69, 9.17) is 18.9 Å². The van der Waals surface area contributed by atoms with Crippen LogP contribution in [0, 0.1) is 7.14 Å². The maximum atomic E-state index is 5.58. The van der Waals surface area contributed by atoms with Gasteiger partial charge in [-0.3, -0.25) is 0 Å². The van der Waals surface area contributed by atoms with Gasteiger partial charge in [0.25, 0.3) is 0 Å².